The molecule has 6 nitrogen and oxygen atoms in total. The molecule has 1 aliphatic rings. The van der Waals surface area contributed by atoms with Crippen LogP contribution in [-0.2, 0) is 9.53 Å². The quantitative estimate of drug-likeness (QED) is 0.371. The number of esters is 1. The number of ether oxygens (including phenoxy) is 1. The summed E-state index contributed by atoms with van der Waals surface area (Å²) in [6.07, 6.45) is 1.02. The Morgan fingerprint density at radius 2 is 2.07 bits per heavy atom. The van der Waals surface area contributed by atoms with E-state index in [2.05, 4.69) is 10.3 Å². The molecule has 0 aliphatic heterocycles. The Hall–Kier alpha value is -1.59. The highest BCUT2D eigenvalue weighted by Crippen LogP contribution is 2.17. The highest BCUT2D eigenvalue weighted by atomic mass is 16.5. The van der Waals surface area contributed by atoms with Crippen molar-refractivity contribution in [3.05, 3.63) is 0 Å². The molecule has 0 heterocycles. The number of rotatable bonds is 1. The van der Waals surface area contributed by atoms with Crippen LogP contribution in [0.15, 0.2) is 10.3 Å². The van der Waals surface area contributed by atoms with E-state index in [1.54, 1.807) is 0 Å². The summed E-state index contributed by atoms with van der Waals surface area (Å²) in [5.74, 6) is -0.364. The number of nitrogens with zero attached hydrogens (tertiary/aromatic N) is 2. The van der Waals surface area contributed by atoms with Gasteiger partial charge in [0.1, 0.15) is 17.5 Å². The van der Waals surface area contributed by atoms with Crippen molar-refractivity contribution >= 4 is 17.4 Å². The molecular weight excluding hydrogens is 188 g/mol. The molecule has 1 aliphatic carbocycles. The number of hydrogen-bond donors (Lipinski definition) is 2. The van der Waals surface area contributed by atoms with Crippen molar-refractivity contribution in [1.29, 1.82) is 0 Å². The molecule has 0 aromatic heterocycles. The topological polar surface area (TPSA) is 91.5 Å². The maximum Gasteiger partial charge on any atom is 0.302 e. The van der Waals surface area contributed by atoms with Gasteiger partial charge in [-0.25, -0.2) is 0 Å². The summed E-state index contributed by atoms with van der Waals surface area (Å²) in [7, 11) is 0. The zero-order valence-corrected chi connectivity index (χ0v) is 7.80. The molecular formula is C8H12N2O4. The summed E-state index contributed by atoms with van der Waals surface area (Å²) in [4.78, 5) is 10.7. The lowest BCUT2D eigenvalue weighted by Gasteiger charge is -2.22. The second-order valence-electron chi connectivity index (χ2n) is 3.07. The fourth-order valence-electron chi connectivity index (χ4n) is 1.42. The van der Waals surface area contributed by atoms with Crippen molar-refractivity contribution in [3.8, 4) is 0 Å². The minimum atomic E-state index is -0.364. The van der Waals surface area contributed by atoms with E-state index < -0.39 is 0 Å². The van der Waals surface area contributed by atoms with Crippen molar-refractivity contribution < 1.29 is 19.9 Å². The molecule has 0 spiro atoms. The van der Waals surface area contributed by atoms with Gasteiger partial charge in [0.15, 0.2) is 0 Å². The van der Waals surface area contributed by atoms with E-state index in [1.807, 2.05) is 0 Å². The first-order valence-corrected chi connectivity index (χ1v) is 4.26. The monoisotopic (exact) mass is 200 g/mol. The maximum atomic E-state index is 10.7. The molecule has 0 saturated heterocycles. The van der Waals surface area contributed by atoms with Gasteiger partial charge in [-0.15, -0.1) is 0 Å². The molecule has 0 aromatic rings. The van der Waals surface area contributed by atoms with Crippen molar-refractivity contribution in [2.75, 3.05) is 0 Å². The molecule has 1 rings (SSSR count). The smallest absolute Gasteiger partial charge is 0.302 e. The van der Waals surface area contributed by atoms with Crippen LogP contribution in [0, 0.1) is 0 Å². The number of oxime groups is 2. The highest BCUT2D eigenvalue weighted by molar-refractivity contribution is 6.42. The fourth-order valence-corrected chi connectivity index (χ4v) is 1.42. The molecule has 14 heavy (non-hydrogen) atoms. The molecule has 1 saturated carbocycles. The van der Waals surface area contributed by atoms with Crippen LogP contribution in [0.5, 0.6) is 0 Å². The minimum absolute atomic E-state index is 0.269. The minimum Gasteiger partial charge on any atom is -0.462 e. The van der Waals surface area contributed by atoms with Gasteiger partial charge in [0.25, 0.3) is 0 Å². The van der Waals surface area contributed by atoms with Crippen molar-refractivity contribution in [2.24, 2.45) is 10.3 Å². The van der Waals surface area contributed by atoms with Gasteiger partial charge >= 0.3 is 5.97 Å². The average Bonchev–Trinajstić information content (AvgIpc) is 2.16. The van der Waals surface area contributed by atoms with Gasteiger partial charge < -0.3 is 15.2 Å². The largest absolute Gasteiger partial charge is 0.462 e. The molecule has 1 atom stereocenters. The molecule has 0 bridgehead atoms. The van der Waals surface area contributed by atoms with Crippen LogP contribution in [0.3, 0.4) is 0 Å². The Morgan fingerprint density at radius 1 is 1.43 bits per heavy atom. The Labute approximate surface area is 80.9 Å². The number of carbonyl (C=O) groups excluding carboxylic acids is 1. The van der Waals surface area contributed by atoms with Gasteiger partial charge in [0.2, 0.25) is 0 Å². The Balaban J connectivity index is 2.62. The second-order valence-corrected chi connectivity index (χ2v) is 3.07. The number of hydrogen-bond acceptors (Lipinski definition) is 6. The molecule has 0 radical (unpaired) electrons. The Kier molecular flexibility index (Phi) is 3.44. The van der Waals surface area contributed by atoms with Crippen molar-refractivity contribution in [3.63, 3.8) is 0 Å². The predicted molar refractivity (Wildman–Crippen MR) is 47.8 cm³/mol. The predicted octanol–water partition coefficient (Wildman–Crippen LogP) is 0.762. The van der Waals surface area contributed by atoms with Crippen molar-refractivity contribution in [1.82, 2.24) is 0 Å². The highest BCUT2D eigenvalue weighted by Gasteiger charge is 2.26. The Bertz CT molecular complexity index is 285. The first kappa shape index (κ1) is 10.5. The normalized spacial score (nSPS) is 27.9. The van der Waals surface area contributed by atoms with E-state index in [0.29, 0.717) is 18.6 Å². The Morgan fingerprint density at radius 3 is 2.57 bits per heavy atom. The van der Waals surface area contributed by atoms with Gasteiger partial charge in [0, 0.05) is 13.3 Å². The van der Waals surface area contributed by atoms with Crippen LogP contribution >= 0.6 is 0 Å². The lowest BCUT2D eigenvalue weighted by atomic mass is 9.94. The third-order valence-corrected chi connectivity index (χ3v) is 2.03. The van der Waals surface area contributed by atoms with Crippen LogP contribution in [0.1, 0.15) is 26.2 Å². The third kappa shape index (κ3) is 2.45. The zero-order chi connectivity index (χ0) is 10.6. The van der Waals surface area contributed by atoms with Gasteiger partial charge in [-0.05, 0) is 12.8 Å². The number of carbonyl (C=O) groups is 1. The van der Waals surface area contributed by atoms with Gasteiger partial charge in [-0.2, -0.15) is 0 Å². The lowest BCUT2D eigenvalue weighted by Crippen LogP contribution is -2.31. The van der Waals surface area contributed by atoms with Crippen molar-refractivity contribution in [2.45, 2.75) is 32.3 Å². The fraction of sp³-hybridized carbons (Fsp3) is 0.625. The molecule has 2 N–H and O–H groups in total. The first-order valence-electron chi connectivity index (χ1n) is 4.26. The summed E-state index contributed by atoms with van der Waals surface area (Å²) in [5.41, 5.74) is 0.612. The summed E-state index contributed by atoms with van der Waals surface area (Å²) < 4.78 is 4.95. The van der Waals surface area contributed by atoms with Crippen LogP contribution in [0.4, 0.5) is 0 Å². The SMILES string of the molecule is CC(=O)OC1CCC(=NO)C(=NO)C1. The summed E-state index contributed by atoms with van der Waals surface area (Å²) in [6, 6.07) is 0. The molecule has 1 fully saturated rings. The third-order valence-electron chi connectivity index (χ3n) is 2.03. The molecule has 78 valence electrons. The molecule has 0 amide bonds. The van der Waals surface area contributed by atoms with Crippen LogP contribution < -0.4 is 0 Å². The maximum absolute atomic E-state index is 10.7. The van der Waals surface area contributed by atoms with E-state index >= 15 is 0 Å². The summed E-state index contributed by atoms with van der Waals surface area (Å²) in [6.45, 7) is 1.32. The summed E-state index contributed by atoms with van der Waals surface area (Å²) >= 11 is 0. The molecule has 1 unspecified atom stereocenters. The first-order chi connectivity index (χ1) is 6.67. The van der Waals surface area contributed by atoms with Crippen LogP contribution in [0.2, 0.25) is 0 Å². The molecule has 0 aromatic carbocycles. The average molecular weight is 200 g/mol. The summed E-state index contributed by atoms with van der Waals surface area (Å²) in [5, 5.41) is 23.1. The van der Waals surface area contributed by atoms with E-state index in [-0.39, 0.29) is 24.2 Å². The van der Waals surface area contributed by atoms with Crippen LogP contribution in [0.25, 0.3) is 0 Å². The second kappa shape index (κ2) is 4.59. The van der Waals surface area contributed by atoms with E-state index in [1.165, 1.54) is 6.92 Å². The van der Waals surface area contributed by atoms with Gasteiger partial charge in [-0.1, -0.05) is 10.3 Å². The zero-order valence-electron chi connectivity index (χ0n) is 7.80. The van der Waals surface area contributed by atoms with E-state index in [0.717, 1.165) is 0 Å². The van der Waals surface area contributed by atoms with E-state index in [9.17, 15) is 4.79 Å². The molecule has 6 heteroatoms. The van der Waals surface area contributed by atoms with E-state index in [4.69, 9.17) is 15.2 Å². The van der Waals surface area contributed by atoms with Gasteiger partial charge in [-0.3, -0.25) is 4.79 Å². The standard InChI is InChI=1S/C8H12N2O4/c1-5(11)14-6-2-3-7(9-12)8(4-6)10-13/h6,12-13H,2-4H2,1H3. The lowest BCUT2D eigenvalue weighted by molar-refractivity contribution is -0.146. The van der Waals surface area contributed by atoms with Gasteiger partial charge in [0.05, 0.1) is 0 Å². The van der Waals surface area contributed by atoms with Crippen LogP contribution in [-0.4, -0.2) is 33.9 Å².